The smallest absolute Gasteiger partial charge is 0.0639 e. The monoisotopic (exact) mass is 177 g/mol. The van der Waals surface area contributed by atoms with Crippen molar-refractivity contribution in [2.45, 2.75) is 13.0 Å². The van der Waals surface area contributed by atoms with E-state index in [-0.39, 0.29) is 12.7 Å². The van der Waals surface area contributed by atoms with Gasteiger partial charge in [0, 0.05) is 26.7 Å². The first-order chi connectivity index (χ1) is 5.70. The van der Waals surface area contributed by atoms with Crippen molar-refractivity contribution in [3.63, 3.8) is 0 Å². The fraction of sp³-hybridized carbons (Fsp3) is 1.00. The van der Waals surface area contributed by atoms with Crippen LogP contribution in [0.4, 0.5) is 0 Å². The average molecular weight is 177 g/mol. The SMILES string of the molecule is COCCN(CCO)C[C@H](C)O. The maximum absolute atomic E-state index is 9.08. The summed E-state index contributed by atoms with van der Waals surface area (Å²) < 4.78 is 4.90. The van der Waals surface area contributed by atoms with Crippen LogP contribution in [0.1, 0.15) is 6.92 Å². The minimum absolute atomic E-state index is 0.121. The second-order valence-electron chi connectivity index (χ2n) is 2.87. The van der Waals surface area contributed by atoms with Crippen LogP contribution >= 0.6 is 0 Å². The average Bonchev–Trinajstić information content (AvgIpc) is 2.00. The normalized spacial score (nSPS) is 13.8. The van der Waals surface area contributed by atoms with E-state index in [0.29, 0.717) is 19.7 Å². The zero-order valence-corrected chi connectivity index (χ0v) is 7.86. The summed E-state index contributed by atoms with van der Waals surface area (Å²) in [4.78, 5) is 1.97. The number of aliphatic hydroxyl groups excluding tert-OH is 2. The maximum Gasteiger partial charge on any atom is 0.0639 e. The standard InChI is InChI=1S/C8H19NO3/c1-8(11)7-9(3-5-10)4-6-12-2/h8,10-11H,3-7H2,1-2H3/t8-/m0/s1. The fourth-order valence-electron chi connectivity index (χ4n) is 1.03. The van der Waals surface area contributed by atoms with Crippen molar-refractivity contribution in [1.82, 2.24) is 4.90 Å². The predicted molar refractivity (Wildman–Crippen MR) is 47.1 cm³/mol. The van der Waals surface area contributed by atoms with Crippen LogP contribution in [0.3, 0.4) is 0 Å². The third-order valence-corrected chi connectivity index (χ3v) is 1.55. The number of aliphatic hydroxyl groups is 2. The van der Waals surface area contributed by atoms with Crippen molar-refractivity contribution in [1.29, 1.82) is 0 Å². The van der Waals surface area contributed by atoms with Gasteiger partial charge < -0.3 is 14.9 Å². The van der Waals surface area contributed by atoms with Crippen LogP contribution in [0.15, 0.2) is 0 Å². The van der Waals surface area contributed by atoms with Crippen LogP contribution in [0, 0.1) is 0 Å². The molecule has 0 fully saturated rings. The van der Waals surface area contributed by atoms with Crippen molar-refractivity contribution in [2.24, 2.45) is 0 Å². The molecule has 0 radical (unpaired) electrons. The van der Waals surface area contributed by atoms with E-state index in [9.17, 15) is 0 Å². The predicted octanol–water partition coefficient (Wildman–Crippen LogP) is -0.692. The lowest BCUT2D eigenvalue weighted by Crippen LogP contribution is -2.35. The van der Waals surface area contributed by atoms with Crippen LogP contribution in [0.25, 0.3) is 0 Å². The Morgan fingerprint density at radius 3 is 2.50 bits per heavy atom. The van der Waals surface area contributed by atoms with Gasteiger partial charge in [0.1, 0.15) is 0 Å². The largest absolute Gasteiger partial charge is 0.395 e. The van der Waals surface area contributed by atoms with Crippen molar-refractivity contribution in [3.05, 3.63) is 0 Å². The van der Waals surface area contributed by atoms with E-state index in [0.717, 1.165) is 6.54 Å². The first kappa shape index (κ1) is 11.8. The Hall–Kier alpha value is -0.160. The molecule has 0 bridgehead atoms. The van der Waals surface area contributed by atoms with Crippen molar-refractivity contribution in [2.75, 3.05) is 40.0 Å². The highest BCUT2D eigenvalue weighted by Gasteiger charge is 2.06. The Bertz CT molecular complexity index is 98.3. The Balaban J connectivity index is 3.54. The summed E-state index contributed by atoms with van der Waals surface area (Å²) in [7, 11) is 1.64. The van der Waals surface area contributed by atoms with Gasteiger partial charge >= 0.3 is 0 Å². The highest BCUT2D eigenvalue weighted by molar-refractivity contribution is 4.60. The van der Waals surface area contributed by atoms with Gasteiger partial charge in [0.2, 0.25) is 0 Å². The van der Waals surface area contributed by atoms with E-state index in [1.807, 2.05) is 4.90 Å². The third kappa shape index (κ3) is 6.54. The van der Waals surface area contributed by atoms with Gasteiger partial charge in [-0.1, -0.05) is 0 Å². The molecule has 0 unspecified atom stereocenters. The van der Waals surface area contributed by atoms with Crippen LogP contribution < -0.4 is 0 Å². The molecule has 12 heavy (non-hydrogen) atoms. The summed E-state index contributed by atoms with van der Waals surface area (Å²) in [5.41, 5.74) is 0. The summed E-state index contributed by atoms with van der Waals surface area (Å²) in [5, 5.41) is 17.8. The van der Waals surface area contributed by atoms with E-state index in [1.54, 1.807) is 14.0 Å². The fourth-order valence-corrected chi connectivity index (χ4v) is 1.03. The lowest BCUT2D eigenvalue weighted by molar-refractivity contribution is 0.0860. The van der Waals surface area contributed by atoms with E-state index in [2.05, 4.69) is 0 Å². The zero-order chi connectivity index (χ0) is 9.40. The van der Waals surface area contributed by atoms with E-state index < -0.39 is 0 Å². The van der Waals surface area contributed by atoms with Gasteiger partial charge in [-0.15, -0.1) is 0 Å². The Kier molecular flexibility index (Phi) is 7.39. The van der Waals surface area contributed by atoms with E-state index >= 15 is 0 Å². The molecule has 0 rings (SSSR count). The van der Waals surface area contributed by atoms with E-state index in [4.69, 9.17) is 14.9 Å². The molecule has 2 N–H and O–H groups in total. The molecular formula is C8H19NO3. The molecule has 0 spiro atoms. The minimum Gasteiger partial charge on any atom is -0.395 e. The van der Waals surface area contributed by atoms with Gasteiger partial charge in [-0.3, -0.25) is 4.90 Å². The molecule has 1 atom stereocenters. The number of methoxy groups -OCH3 is 1. The summed E-state index contributed by atoms with van der Waals surface area (Å²) in [6.45, 7) is 4.42. The summed E-state index contributed by atoms with van der Waals surface area (Å²) in [5.74, 6) is 0. The highest BCUT2D eigenvalue weighted by Crippen LogP contribution is 1.91. The molecule has 0 aromatic heterocycles. The third-order valence-electron chi connectivity index (χ3n) is 1.55. The molecule has 0 amide bonds. The quantitative estimate of drug-likeness (QED) is 0.540. The van der Waals surface area contributed by atoms with Gasteiger partial charge in [0.05, 0.1) is 19.3 Å². The molecule has 0 saturated heterocycles. The molecule has 0 aliphatic heterocycles. The minimum atomic E-state index is -0.353. The Morgan fingerprint density at radius 2 is 2.08 bits per heavy atom. The lowest BCUT2D eigenvalue weighted by atomic mass is 10.3. The Morgan fingerprint density at radius 1 is 1.42 bits per heavy atom. The van der Waals surface area contributed by atoms with Crippen molar-refractivity contribution >= 4 is 0 Å². The summed E-state index contributed by atoms with van der Waals surface area (Å²) in [6.07, 6.45) is -0.353. The first-order valence-corrected chi connectivity index (χ1v) is 4.21. The molecule has 4 heteroatoms. The Labute approximate surface area is 73.8 Å². The van der Waals surface area contributed by atoms with Crippen LogP contribution in [0.2, 0.25) is 0 Å². The number of rotatable bonds is 7. The highest BCUT2D eigenvalue weighted by atomic mass is 16.5. The second kappa shape index (κ2) is 7.49. The van der Waals surface area contributed by atoms with Crippen LogP contribution in [-0.4, -0.2) is 61.2 Å². The number of hydrogen-bond acceptors (Lipinski definition) is 4. The van der Waals surface area contributed by atoms with E-state index in [1.165, 1.54) is 0 Å². The van der Waals surface area contributed by atoms with Crippen LogP contribution in [0.5, 0.6) is 0 Å². The van der Waals surface area contributed by atoms with Gasteiger partial charge in [-0.2, -0.15) is 0 Å². The zero-order valence-electron chi connectivity index (χ0n) is 7.86. The van der Waals surface area contributed by atoms with Gasteiger partial charge in [-0.25, -0.2) is 0 Å². The molecule has 74 valence electrons. The van der Waals surface area contributed by atoms with Gasteiger partial charge in [-0.05, 0) is 6.92 Å². The van der Waals surface area contributed by atoms with Crippen molar-refractivity contribution < 1.29 is 14.9 Å². The molecule has 0 aliphatic rings. The summed E-state index contributed by atoms with van der Waals surface area (Å²) in [6, 6.07) is 0. The number of nitrogens with zero attached hydrogens (tertiary/aromatic N) is 1. The van der Waals surface area contributed by atoms with Gasteiger partial charge in [0.15, 0.2) is 0 Å². The summed E-state index contributed by atoms with van der Waals surface area (Å²) >= 11 is 0. The molecule has 0 heterocycles. The maximum atomic E-state index is 9.08. The number of hydrogen-bond donors (Lipinski definition) is 2. The lowest BCUT2D eigenvalue weighted by Gasteiger charge is -2.21. The van der Waals surface area contributed by atoms with Crippen LogP contribution in [-0.2, 0) is 4.74 Å². The molecular weight excluding hydrogens is 158 g/mol. The number of ether oxygens (including phenoxy) is 1. The molecule has 0 saturated carbocycles. The van der Waals surface area contributed by atoms with Gasteiger partial charge in [0.25, 0.3) is 0 Å². The molecule has 0 aliphatic carbocycles. The van der Waals surface area contributed by atoms with Crippen molar-refractivity contribution in [3.8, 4) is 0 Å². The molecule has 0 aromatic carbocycles. The second-order valence-corrected chi connectivity index (χ2v) is 2.87. The molecule has 4 nitrogen and oxygen atoms in total. The topological polar surface area (TPSA) is 52.9 Å². The first-order valence-electron chi connectivity index (χ1n) is 4.21. The molecule has 0 aromatic rings.